The van der Waals surface area contributed by atoms with E-state index in [0.717, 1.165) is 36.4 Å². The standard InChI is InChI=1S/C42H33N11O19S4/c1-3-14-72-33-18-30(48-44-21-4-6-22(7-5-21)52(56)57)20(2)15-31(33)49-51-39-36(75(66,67)68)17-26-24(40(39)54)9-13-29(42(26)76(69,70)71)47-50-32-19-34(73(60,61)62)25-10-12-28(41(55)37(25)38(32)43)46-45-27-11-8-23(53(58)59)16-35(27)74(63,64)65/h4-13,15-19,54-55H,3,14,43H2,1-2H3,(H,60,61,62)(H,63,64,65)(H,66,67,68)(H,69,70,71). The van der Waals surface area contributed by atoms with Crippen molar-refractivity contribution in [3.05, 3.63) is 117 Å². The molecule has 394 valence electrons. The van der Waals surface area contributed by atoms with Crippen molar-refractivity contribution in [1.82, 2.24) is 0 Å². The van der Waals surface area contributed by atoms with Crippen molar-refractivity contribution >= 4 is 125 Å². The molecule has 76 heavy (non-hydrogen) atoms. The Hall–Kier alpha value is -8.90. The summed E-state index contributed by atoms with van der Waals surface area (Å²) < 4.78 is 148. The van der Waals surface area contributed by atoms with Crippen molar-refractivity contribution < 1.29 is 76.7 Å². The molecule has 0 radical (unpaired) electrons. The van der Waals surface area contributed by atoms with Gasteiger partial charge in [0.25, 0.3) is 51.8 Å². The van der Waals surface area contributed by atoms with E-state index in [1.807, 2.05) is 0 Å². The third-order valence-corrected chi connectivity index (χ3v) is 14.1. The molecule has 0 aliphatic rings. The van der Waals surface area contributed by atoms with Crippen LogP contribution in [0.3, 0.4) is 0 Å². The second-order valence-electron chi connectivity index (χ2n) is 15.6. The molecule has 0 amide bonds. The zero-order valence-corrected chi connectivity index (χ0v) is 41.5. The van der Waals surface area contributed by atoms with Gasteiger partial charge < -0.3 is 20.7 Å². The molecule has 0 atom stereocenters. The lowest BCUT2D eigenvalue weighted by atomic mass is 10.1. The van der Waals surface area contributed by atoms with Gasteiger partial charge >= 0.3 is 0 Å². The summed E-state index contributed by atoms with van der Waals surface area (Å²) in [4.78, 5) is 16.1. The topological polar surface area (TPSA) is 478 Å². The Kier molecular flexibility index (Phi) is 15.0. The first kappa shape index (κ1) is 54.9. The minimum Gasteiger partial charge on any atom is -0.505 e. The molecule has 0 fully saturated rings. The van der Waals surface area contributed by atoms with E-state index >= 15 is 0 Å². The molecule has 0 aliphatic heterocycles. The van der Waals surface area contributed by atoms with Crippen molar-refractivity contribution in [1.29, 1.82) is 0 Å². The number of hydrogen-bond donors (Lipinski definition) is 7. The molecule has 0 aromatic heterocycles. The molecule has 0 bridgehead atoms. The van der Waals surface area contributed by atoms with Crippen LogP contribution in [-0.4, -0.2) is 78.5 Å². The van der Waals surface area contributed by atoms with E-state index in [-0.39, 0.29) is 35.1 Å². The number of anilines is 1. The number of phenolic OH excluding ortho intramolecular Hbond substituents is 2. The first-order valence-electron chi connectivity index (χ1n) is 20.8. The van der Waals surface area contributed by atoms with Crippen LogP contribution in [0.5, 0.6) is 17.2 Å². The van der Waals surface area contributed by atoms with Gasteiger partial charge in [-0.25, -0.2) is 0 Å². The highest BCUT2D eigenvalue weighted by Crippen LogP contribution is 2.49. The minimum absolute atomic E-state index is 0.0136. The normalized spacial score (nSPS) is 12.8. The minimum atomic E-state index is -5.57. The number of azo groups is 4. The predicted molar refractivity (Wildman–Crippen MR) is 265 cm³/mol. The van der Waals surface area contributed by atoms with Gasteiger partial charge in [0.1, 0.15) is 59.5 Å². The van der Waals surface area contributed by atoms with Crippen molar-refractivity contribution in [2.24, 2.45) is 40.9 Å². The van der Waals surface area contributed by atoms with Gasteiger partial charge in [-0.05, 0) is 73.5 Å². The van der Waals surface area contributed by atoms with Crippen LogP contribution in [0.15, 0.2) is 151 Å². The molecule has 8 N–H and O–H groups in total. The van der Waals surface area contributed by atoms with Crippen LogP contribution in [0.2, 0.25) is 0 Å². The van der Waals surface area contributed by atoms with Gasteiger partial charge in [0.2, 0.25) is 0 Å². The summed E-state index contributed by atoms with van der Waals surface area (Å²) in [6, 6.07) is 14.8. The first-order valence-corrected chi connectivity index (χ1v) is 26.5. The fourth-order valence-corrected chi connectivity index (χ4v) is 9.84. The quantitative estimate of drug-likeness (QED) is 0.0146. The number of ether oxygens (including phenoxy) is 1. The number of fused-ring (bicyclic) bond motifs is 2. The molecule has 0 spiro atoms. The molecule has 0 unspecified atom stereocenters. The Labute approximate surface area is 426 Å². The van der Waals surface area contributed by atoms with E-state index in [0.29, 0.717) is 30.2 Å². The van der Waals surface area contributed by atoms with Crippen LogP contribution < -0.4 is 10.5 Å². The number of hydrogen-bond acceptors (Lipinski definition) is 24. The number of nitro groups is 2. The molecule has 30 nitrogen and oxygen atoms in total. The number of phenols is 2. The van der Waals surface area contributed by atoms with Crippen LogP contribution in [-0.2, 0) is 40.5 Å². The van der Waals surface area contributed by atoms with Gasteiger partial charge in [-0.15, -0.1) is 30.7 Å². The number of non-ortho nitro benzene ring substituents is 2. The number of nitrogens with two attached hydrogens (primary N) is 1. The van der Waals surface area contributed by atoms with Gasteiger partial charge in [0.05, 0.1) is 38.9 Å². The number of nitrogens with zero attached hydrogens (tertiary/aromatic N) is 10. The zero-order chi connectivity index (χ0) is 55.8. The summed E-state index contributed by atoms with van der Waals surface area (Å²) in [5.74, 6) is -2.12. The van der Waals surface area contributed by atoms with E-state index in [2.05, 4.69) is 40.9 Å². The average Bonchev–Trinajstić information content (AvgIpc) is 3.35. The molecule has 0 aliphatic carbocycles. The number of aromatic hydroxyl groups is 2. The lowest BCUT2D eigenvalue weighted by molar-refractivity contribution is -0.385. The molecular weight excluding hydrogens is 1090 g/mol. The van der Waals surface area contributed by atoms with E-state index in [1.54, 1.807) is 13.8 Å². The van der Waals surface area contributed by atoms with Gasteiger partial charge in [0, 0.05) is 46.5 Å². The number of nitro benzene ring substituents is 2. The summed E-state index contributed by atoms with van der Waals surface area (Å²) >= 11 is 0. The third kappa shape index (κ3) is 11.6. The summed E-state index contributed by atoms with van der Waals surface area (Å²) in [6.45, 7) is 3.47. The maximum absolute atomic E-state index is 13.1. The lowest BCUT2D eigenvalue weighted by Crippen LogP contribution is -2.03. The Morgan fingerprint density at radius 2 is 1.07 bits per heavy atom. The molecule has 0 saturated carbocycles. The second kappa shape index (κ2) is 20.8. The van der Waals surface area contributed by atoms with E-state index in [1.165, 1.54) is 36.4 Å². The van der Waals surface area contributed by atoms with Gasteiger partial charge in [-0.1, -0.05) is 13.0 Å². The maximum atomic E-state index is 13.1. The molecule has 7 aromatic rings. The summed E-state index contributed by atoms with van der Waals surface area (Å²) in [6.07, 6.45) is 0.487. The molecule has 7 aromatic carbocycles. The number of rotatable bonds is 17. The van der Waals surface area contributed by atoms with Crippen LogP contribution in [0.4, 0.5) is 62.6 Å². The molecule has 34 heteroatoms. The molecular formula is C42H33N11O19S4. The Morgan fingerprint density at radius 3 is 1.67 bits per heavy atom. The largest absolute Gasteiger partial charge is 0.505 e. The summed E-state index contributed by atoms with van der Waals surface area (Å²) in [7, 11) is -21.5. The van der Waals surface area contributed by atoms with E-state index < -0.39 is 143 Å². The van der Waals surface area contributed by atoms with Crippen molar-refractivity contribution in [3.8, 4) is 17.2 Å². The van der Waals surface area contributed by atoms with Gasteiger partial charge in [-0.2, -0.15) is 43.9 Å². The molecule has 0 saturated heterocycles. The zero-order valence-electron chi connectivity index (χ0n) is 38.2. The highest BCUT2D eigenvalue weighted by atomic mass is 32.2. The Morgan fingerprint density at radius 1 is 0.526 bits per heavy atom. The summed E-state index contributed by atoms with van der Waals surface area (Å²) in [5.41, 5.74) is 1.70. The van der Waals surface area contributed by atoms with E-state index in [9.17, 15) is 82.3 Å². The predicted octanol–water partition coefficient (Wildman–Crippen LogP) is 10.5. The summed E-state index contributed by atoms with van der Waals surface area (Å²) in [5, 5.41) is 73.7. The van der Waals surface area contributed by atoms with Crippen LogP contribution in [0.1, 0.15) is 18.9 Å². The second-order valence-corrected chi connectivity index (χ2v) is 21.1. The fourth-order valence-electron chi connectivity index (χ4n) is 7.02. The van der Waals surface area contributed by atoms with Gasteiger partial charge in [0.15, 0.2) is 11.5 Å². The number of benzene rings is 7. The fraction of sp³-hybridized carbons (Fsp3) is 0.0952. The van der Waals surface area contributed by atoms with Crippen molar-refractivity contribution in [2.75, 3.05) is 12.3 Å². The van der Waals surface area contributed by atoms with Crippen LogP contribution in [0.25, 0.3) is 21.5 Å². The van der Waals surface area contributed by atoms with Crippen molar-refractivity contribution in [3.63, 3.8) is 0 Å². The Balaban J connectivity index is 1.33. The highest BCUT2D eigenvalue weighted by molar-refractivity contribution is 7.87. The van der Waals surface area contributed by atoms with Crippen LogP contribution >= 0.6 is 0 Å². The Bertz CT molecular complexity index is 4210. The molecule has 0 heterocycles. The highest BCUT2D eigenvalue weighted by Gasteiger charge is 2.29. The maximum Gasteiger partial charge on any atom is 0.297 e. The SMILES string of the molecule is CCCOc1cc(N=Nc2ccc([N+](=O)[O-])cc2)c(C)cc1N=Nc1c(S(=O)(=O)O)cc2c(S(=O)(=O)O)c(N=Nc3cc(S(=O)(=O)O)c4ccc(N=Nc5ccc([N+](=O)[O-])cc5S(=O)(=O)O)c(O)c4c3N)ccc2c1O. The van der Waals surface area contributed by atoms with Crippen LogP contribution in [0, 0.1) is 27.2 Å². The van der Waals surface area contributed by atoms with Crippen molar-refractivity contribution in [2.45, 2.75) is 39.9 Å². The molecule has 7 rings (SSSR count). The number of nitrogen functional groups attached to an aromatic ring is 1. The van der Waals surface area contributed by atoms with E-state index in [4.69, 9.17) is 10.5 Å². The number of aryl methyl sites for hydroxylation is 1. The third-order valence-electron chi connectivity index (χ3n) is 10.5. The lowest BCUT2D eigenvalue weighted by Gasteiger charge is -2.13. The first-order chi connectivity index (χ1) is 35.5. The average molecular weight is 1120 g/mol. The smallest absolute Gasteiger partial charge is 0.297 e. The van der Waals surface area contributed by atoms with Gasteiger partial charge in [-0.3, -0.25) is 38.4 Å². The monoisotopic (exact) mass is 1120 g/mol.